The molecule has 0 amide bonds. The summed E-state index contributed by atoms with van der Waals surface area (Å²) in [5, 5.41) is 10.8. The quantitative estimate of drug-likeness (QED) is 0.0673. The highest BCUT2D eigenvalue weighted by atomic mass is 32.2. The predicted molar refractivity (Wildman–Crippen MR) is 230 cm³/mol. The molecular formula is C46H80O12S. The molecule has 0 bridgehead atoms. The maximum atomic E-state index is 13.5. The second-order valence-electron chi connectivity index (χ2n) is 21.4. The van der Waals surface area contributed by atoms with E-state index in [0.29, 0.717) is 0 Å². The van der Waals surface area contributed by atoms with E-state index >= 15 is 0 Å². The third kappa shape index (κ3) is 16.3. The zero-order chi connectivity index (χ0) is 46.2. The van der Waals surface area contributed by atoms with Crippen LogP contribution in [0.3, 0.4) is 0 Å². The lowest BCUT2D eigenvalue weighted by atomic mass is 9.67. The SMILES string of the molecule is Cc1ccc(S(=O)(=O)OC(COCC(COC(=O)C(C)(C)C(C)C(C)(C)C)OCC(O)COC(=O)C(C)(C)C(C)C(C)(C)C)COC(=O)C(C)(C)C(C)C(C)(C)C)cc1. The van der Waals surface area contributed by atoms with E-state index in [4.69, 9.17) is 27.9 Å². The Morgan fingerprint density at radius 3 is 1.25 bits per heavy atom. The Kier molecular flexibility index (Phi) is 19.4. The maximum Gasteiger partial charge on any atom is 0.311 e. The molecule has 1 rings (SSSR count). The highest BCUT2D eigenvalue weighted by Crippen LogP contribution is 2.42. The lowest BCUT2D eigenvalue weighted by Crippen LogP contribution is -2.42. The Labute approximate surface area is 357 Å². The fourth-order valence-corrected chi connectivity index (χ4v) is 7.71. The first-order valence-corrected chi connectivity index (χ1v) is 22.3. The van der Waals surface area contributed by atoms with E-state index in [9.17, 15) is 27.9 Å². The Balaban J connectivity index is 3.28. The molecule has 6 atom stereocenters. The number of hydrogen-bond donors (Lipinski definition) is 1. The number of esters is 3. The average Bonchev–Trinajstić information content (AvgIpc) is 3.10. The van der Waals surface area contributed by atoms with Gasteiger partial charge in [0.2, 0.25) is 0 Å². The van der Waals surface area contributed by atoms with Gasteiger partial charge in [0, 0.05) is 0 Å². The van der Waals surface area contributed by atoms with Crippen molar-refractivity contribution in [2.45, 2.75) is 155 Å². The molecule has 59 heavy (non-hydrogen) atoms. The highest BCUT2D eigenvalue weighted by Gasteiger charge is 2.44. The monoisotopic (exact) mass is 857 g/mol. The number of rotatable bonds is 22. The van der Waals surface area contributed by atoms with Crippen LogP contribution >= 0.6 is 0 Å². The molecule has 0 aliphatic heterocycles. The number of aryl methyl sites for hydroxylation is 1. The summed E-state index contributed by atoms with van der Waals surface area (Å²) >= 11 is 0. The molecule has 0 fully saturated rings. The summed E-state index contributed by atoms with van der Waals surface area (Å²) < 4.78 is 61.4. The topological polar surface area (TPSA) is 161 Å². The predicted octanol–water partition coefficient (Wildman–Crippen LogP) is 8.59. The molecule has 0 saturated carbocycles. The minimum atomic E-state index is -4.31. The van der Waals surface area contributed by atoms with Crippen molar-refractivity contribution < 1.29 is 55.8 Å². The molecule has 6 unspecified atom stereocenters. The van der Waals surface area contributed by atoms with Crippen LogP contribution in [0.4, 0.5) is 0 Å². The zero-order valence-corrected chi connectivity index (χ0v) is 40.7. The first kappa shape index (κ1) is 54.4. The summed E-state index contributed by atoms with van der Waals surface area (Å²) in [6, 6.07) is 6.15. The first-order chi connectivity index (χ1) is 26.5. The minimum absolute atomic E-state index is 0.0286. The van der Waals surface area contributed by atoms with Crippen LogP contribution < -0.4 is 0 Å². The van der Waals surface area contributed by atoms with Crippen LogP contribution in [-0.2, 0) is 52.4 Å². The van der Waals surface area contributed by atoms with Gasteiger partial charge in [-0.25, -0.2) is 0 Å². The van der Waals surface area contributed by atoms with Crippen molar-refractivity contribution in [2.75, 3.05) is 39.6 Å². The van der Waals surface area contributed by atoms with Gasteiger partial charge in [-0.1, -0.05) is 101 Å². The van der Waals surface area contributed by atoms with Crippen LogP contribution in [0, 0.1) is 57.2 Å². The van der Waals surface area contributed by atoms with Crippen LogP contribution in [0.1, 0.15) is 130 Å². The van der Waals surface area contributed by atoms with E-state index in [0.717, 1.165) is 5.56 Å². The van der Waals surface area contributed by atoms with Gasteiger partial charge >= 0.3 is 17.9 Å². The normalized spacial score (nSPS) is 16.7. The number of aliphatic hydroxyl groups excluding tert-OH is 1. The molecule has 1 aromatic carbocycles. The van der Waals surface area contributed by atoms with Crippen molar-refractivity contribution in [1.29, 1.82) is 0 Å². The van der Waals surface area contributed by atoms with E-state index in [2.05, 4.69) is 20.8 Å². The Bertz CT molecular complexity index is 1610. The molecule has 1 N–H and O–H groups in total. The second kappa shape index (κ2) is 21.0. The van der Waals surface area contributed by atoms with E-state index in [1.54, 1.807) is 26.0 Å². The lowest BCUT2D eigenvalue weighted by molar-refractivity contribution is -0.170. The largest absolute Gasteiger partial charge is 0.462 e. The number of carbonyl (C=O) groups excluding carboxylic acids is 3. The summed E-state index contributed by atoms with van der Waals surface area (Å²) in [6.07, 6.45) is -3.42. The summed E-state index contributed by atoms with van der Waals surface area (Å²) in [7, 11) is -4.31. The van der Waals surface area contributed by atoms with Crippen LogP contribution in [0.15, 0.2) is 29.2 Å². The molecule has 12 nitrogen and oxygen atoms in total. The van der Waals surface area contributed by atoms with Gasteiger partial charge in [0.25, 0.3) is 10.1 Å². The molecule has 0 saturated heterocycles. The fraction of sp³-hybridized carbons (Fsp3) is 0.804. The molecule has 342 valence electrons. The van der Waals surface area contributed by atoms with Gasteiger partial charge in [-0.15, -0.1) is 0 Å². The number of hydrogen-bond acceptors (Lipinski definition) is 12. The molecule has 13 heteroatoms. The molecule has 1 aromatic rings. The van der Waals surface area contributed by atoms with Gasteiger partial charge in [0.15, 0.2) is 0 Å². The highest BCUT2D eigenvalue weighted by molar-refractivity contribution is 7.86. The average molecular weight is 857 g/mol. The summed E-state index contributed by atoms with van der Waals surface area (Å²) in [6.45, 7) is 35.1. The van der Waals surface area contributed by atoms with Crippen molar-refractivity contribution in [3.05, 3.63) is 29.8 Å². The van der Waals surface area contributed by atoms with E-state index in [1.165, 1.54) is 12.1 Å². The summed E-state index contributed by atoms with van der Waals surface area (Å²) in [5.41, 5.74) is -2.30. The number of aliphatic hydroxyl groups is 1. The molecule has 0 aliphatic carbocycles. The smallest absolute Gasteiger partial charge is 0.311 e. The summed E-state index contributed by atoms with van der Waals surface area (Å²) in [5.74, 6) is -1.61. The standard InChI is InChI=1S/C46H80O12S/c1-30-20-22-37(23-21-30)59(51,52)58-36(29-57-40(50)46(18,19)33(4)43(11,12)13)27-53-26-35(28-56-39(49)45(16,17)32(3)42(8,9)10)54-24-34(47)25-55-38(48)44(14,15)31(2)41(5,6)7/h20-23,31-36,47H,24-29H2,1-19H3. The van der Waals surface area contributed by atoms with Crippen molar-refractivity contribution in [3.63, 3.8) is 0 Å². The molecule has 0 heterocycles. The molecule has 0 spiro atoms. The van der Waals surface area contributed by atoms with Gasteiger partial charge in [0.1, 0.15) is 38.1 Å². The maximum absolute atomic E-state index is 13.5. The van der Waals surface area contributed by atoms with Gasteiger partial charge in [-0.3, -0.25) is 18.6 Å². The van der Waals surface area contributed by atoms with E-state index < -0.39 is 69.2 Å². The number of benzene rings is 1. The zero-order valence-electron chi connectivity index (χ0n) is 39.9. The fourth-order valence-electron chi connectivity index (χ4n) is 6.66. The van der Waals surface area contributed by atoms with Crippen LogP contribution in [0.25, 0.3) is 0 Å². The first-order valence-electron chi connectivity index (χ1n) is 20.9. The second-order valence-corrected chi connectivity index (χ2v) is 22.9. The third-order valence-corrected chi connectivity index (χ3v) is 14.0. The molecule has 0 aliphatic rings. The van der Waals surface area contributed by atoms with Gasteiger partial charge in [-0.2, -0.15) is 8.42 Å². The number of carbonyl (C=O) groups is 3. The van der Waals surface area contributed by atoms with Crippen molar-refractivity contribution in [1.82, 2.24) is 0 Å². The van der Waals surface area contributed by atoms with Crippen molar-refractivity contribution in [3.8, 4) is 0 Å². The van der Waals surface area contributed by atoms with Crippen LogP contribution in [0.2, 0.25) is 0 Å². The Morgan fingerprint density at radius 2 is 0.881 bits per heavy atom. The van der Waals surface area contributed by atoms with E-state index in [-0.39, 0.29) is 71.9 Å². The third-order valence-electron chi connectivity index (χ3n) is 12.6. The lowest BCUT2D eigenvalue weighted by Gasteiger charge is -2.39. The van der Waals surface area contributed by atoms with Crippen LogP contribution in [0.5, 0.6) is 0 Å². The van der Waals surface area contributed by atoms with Crippen LogP contribution in [-0.4, -0.2) is 89.4 Å². The van der Waals surface area contributed by atoms with Gasteiger partial charge in [-0.05, 0) is 94.6 Å². The Hall–Kier alpha value is -2.58. The molecule has 0 aromatic heterocycles. The minimum Gasteiger partial charge on any atom is -0.462 e. The Morgan fingerprint density at radius 1 is 0.542 bits per heavy atom. The van der Waals surface area contributed by atoms with E-state index in [1.807, 2.05) is 96.9 Å². The van der Waals surface area contributed by atoms with Crippen molar-refractivity contribution in [2.24, 2.45) is 50.2 Å². The van der Waals surface area contributed by atoms with Gasteiger partial charge in [0.05, 0.1) is 41.0 Å². The summed E-state index contributed by atoms with van der Waals surface area (Å²) in [4.78, 5) is 39.9. The van der Waals surface area contributed by atoms with Crippen molar-refractivity contribution >= 4 is 28.0 Å². The molecule has 0 radical (unpaired) electrons. The number of ether oxygens (including phenoxy) is 5. The van der Waals surface area contributed by atoms with Gasteiger partial charge < -0.3 is 28.8 Å². The molecular weight excluding hydrogens is 777 g/mol.